The monoisotopic (exact) mass is 258 g/mol. The summed E-state index contributed by atoms with van der Waals surface area (Å²) < 4.78 is 10.0. The first-order valence-electron chi connectivity index (χ1n) is 6.00. The highest BCUT2D eigenvalue weighted by Gasteiger charge is 2.37. The van der Waals surface area contributed by atoms with Gasteiger partial charge in [0.05, 0.1) is 7.11 Å². The number of likely N-dealkylation sites (N-methyl/N-ethyl adjacent to an activating group) is 1. The maximum absolute atomic E-state index is 12.0. The lowest BCUT2D eigenvalue weighted by molar-refractivity contribution is -0.149. The van der Waals surface area contributed by atoms with E-state index in [4.69, 9.17) is 9.47 Å². The number of nitrogens with zero attached hydrogens (tertiary/aromatic N) is 2. The molecule has 6 heteroatoms. The number of piperazine rings is 1. The van der Waals surface area contributed by atoms with Crippen molar-refractivity contribution in [2.24, 2.45) is 0 Å². The van der Waals surface area contributed by atoms with Crippen LogP contribution in [0.1, 0.15) is 20.8 Å². The molecule has 1 heterocycles. The third-order valence-electron chi connectivity index (χ3n) is 2.68. The number of rotatable bonds is 1. The van der Waals surface area contributed by atoms with Crippen molar-refractivity contribution in [2.45, 2.75) is 32.4 Å². The fraction of sp³-hybridized carbons (Fsp3) is 0.833. The van der Waals surface area contributed by atoms with Crippen molar-refractivity contribution in [3.05, 3.63) is 0 Å². The molecule has 1 amide bonds. The van der Waals surface area contributed by atoms with Crippen molar-refractivity contribution in [3.63, 3.8) is 0 Å². The molecule has 0 unspecified atom stereocenters. The van der Waals surface area contributed by atoms with Gasteiger partial charge in [-0.15, -0.1) is 0 Å². The summed E-state index contributed by atoms with van der Waals surface area (Å²) >= 11 is 0. The molecule has 6 nitrogen and oxygen atoms in total. The van der Waals surface area contributed by atoms with Gasteiger partial charge in [0.15, 0.2) is 0 Å². The van der Waals surface area contributed by atoms with Crippen LogP contribution in [0.4, 0.5) is 4.79 Å². The Kier molecular flexibility index (Phi) is 4.56. The topological polar surface area (TPSA) is 59.1 Å². The molecule has 104 valence electrons. The Morgan fingerprint density at radius 3 is 2.33 bits per heavy atom. The number of carbonyl (C=O) groups excluding carboxylic acids is 2. The highest BCUT2D eigenvalue weighted by molar-refractivity contribution is 5.82. The van der Waals surface area contributed by atoms with Gasteiger partial charge < -0.3 is 14.4 Å². The molecule has 0 aromatic rings. The molecule has 1 aliphatic heterocycles. The fourth-order valence-corrected chi connectivity index (χ4v) is 1.80. The van der Waals surface area contributed by atoms with E-state index in [2.05, 4.69) is 0 Å². The lowest BCUT2D eigenvalue weighted by Gasteiger charge is -2.38. The van der Waals surface area contributed by atoms with Crippen LogP contribution in [0, 0.1) is 0 Å². The molecule has 0 aromatic carbocycles. The Labute approximate surface area is 108 Å². The van der Waals surface area contributed by atoms with Gasteiger partial charge in [-0.1, -0.05) is 0 Å². The number of methoxy groups -OCH3 is 1. The molecule has 0 aromatic heterocycles. The van der Waals surface area contributed by atoms with Crippen molar-refractivity contribution < 1.29 is 19.1 Å². The smallest absolute Gasteiger partial charge is 0.411 e. The van der Waals surface area contributed by atoms with Crippen LogP contribution in [0.3, 0.4) is 0 Å². The van der Waals surface area contributed by atoms with Crippen LogP contribution in [0.15, 0.2) is 0 Å². The lowest BCUT2D eigenvalue weighted by atomic mass is 10.2. The molecule has 1 fully saturated rings. The van der Waals surface area contributed by atoms with Gasteiger partial charge in [-0.2, -0.15) is 0 Å². The summed E-state index contributed by atoms with van der Waals surface area (Å²) in [6, 6.07) is -0.594. The molecular weight excluding hydrogens is 236 g/mol. The highest BCUT2D eigenvalue weighted by atomic mass is 16.6. The molecule has 1 aliphatic rings. The van der Waals surface area contributed by atoms with Gasteiger partial charge in [0.1, 0.15) is 11.6 Å². The predicted molar refractivity (Wildman–Crippen MR) is 66.2 cm³/mol. The fourth-order valence-electron chi connectivity index (χ4n) is 1.80. The van der Waals surface area contributed by atoms with Gasteiger partial charge in [0.2, 0.25) is 0 Å². The maximum atomic E-state index is 12.0. The van der Waals surface area contributed by atoms with Crippen LogP contribution in [-0.2, 0) is 14.3 Å². The lowest BCUT2D eigenvalue weighted by Crippen LogP contribution is -2.58. The van der Waals surface area contributed by atoms with Crippen LogP contribution in [0.25, 0.3) is 0 Å². The third kappa shape index (κ3) is 3.87. The zero-order chi connectivity index (χ0) is 13.9. The quantitative estimate of drug-likeness (QED) is 0.648. The molecule has 0 bridgehead atoms. The second-order valence-corrected chi connectivity index (χ2v) is 5.47. The van der Waals surface area contributed by atoms with Crippen LogP contribution in [0.5, 0.6) is 0 Å². The van der Waals surface area contributed by atoms with Crippen molar-refractivity contribution in [3.8, 4) is 0 Å². The van der Waals surface area contributed by atoms with Crippen molar-refractivity contribution >= 4 is 12.1 Å². The van der Waals surface area contributed by atoms with Gasteiger partial charge in [-0.25, -0.2) is 9.59 Å². The Bertz CT molecular complexity index is 325. The van der Waals surface area contributed by atoms with Gasteiger partial charge in [0, 0.05) is 19.6 Å². The summed E-state index contributed by atoms with van der Waals surface area (Å²) in [6.07, 6.45) is -0.467. The molecule has 0 aliphatic carbocycles. The van der Waals surface area contributed by atoms with E-state index in [1.165, 1.54) is 12.0 Å². The number of amides is 1. The van der Waals surface area contributed by atoms with E-state index in [-0.39, 0.29) is 0 Å². The molecule has 18 heavy (non-hydrogen) atoms. The normalized spacial score (nSPS) is 21.6. The molecule has 1 atom stereocenters. The Morgan fingerprint density at radius 1 is 1.22 bits per heavy atom. The van der Waals surface area contributed by atoms with Crippen molar-refractivity contribution in [2.75, 3.05) is 33.8 Å². The Morgan fingerprint density at radius 2 is 1.83 bits per heavy atom. The van der Waals surface area contributed by atoms with Crippen molar-refractivity contribution in [1.82, 2.24) is 9.80 Å². The standard InChI is InChI=1S/C12H22N2O4/c1-12(2,3)18-11(16)14-7-6-13(4)8-9(14)10(15)17-5/h9H,6-8H2,1-5H3/t9-/m1/s1. The first-order valence-corrected chi connectivity index (χ1v) is 6.00. The zero-order valence-corrected chi connectivity index (χ0v) is 11.7. The van der Waals surface area contributed by atoms with Crippen LogP contribution in [0.2, 0.25) is 0 Å². The number of ether oxygens (including phenoxy) is 2. The van der Waals surface area contributed by atoms with Gasteiger partial charge >= 0.3 is 12.1 Å². The Balaban J connectivity index is 2.77. The average molecular weight is 258 g/mol. The van der Waals surface area contributed by atoms with E-state index in [0.717, 1.165) is 0 Å². The first kappa shape index (κ1) is 14.8. The van der Waals surface area contributed by atoms with E-state index in [1.807, 2.05) is 11.9 Å². The zero-order valence-electron chi connectivity index (χ0n) is 11.7. The van der Waals surface area contributed by atoms with Crippen LogP contribution < -0.4 is 0 Å². The van der Waals surface area contributed by atoms with Crippen LogP contribution >= 0.6 is 0 Å². The van der Waals surface area contributed by atoms with E-state index >= 15 is 0 Å². The summed E-state index contributed by atoms with van der Waals surface area (Å²) in [5.41, 5.74) is -0.568. The maximum Gasteiger partial charge on any atom is 0.411 e. The number of carbonyl (C=O) groups is 2. The Hall–Kier alpha value is -1.30. The summed E-state index contributed by atoms with van der Waals surface area (Å²) in [6.45, 7) is 7.04. The second kappa shape index (κ2) is 5.56. The SMILES string of the molecule is COC(=O)[C@H]1CN(C)CCN1C(=O)OC(C)(C)C. The molecule has 0 saturated carbocycles. The minimum absolute atomic E-state index is 0.410. The van der Waals surface area contributed by atoms with E-state index in [9.17, 15) is 9.59 Å². The predicted octanol–water partition coefficient (Wildman–Crippen LogP) is 0.710. The second-order valence-electron chi connectivity index (χ2n) is 5.47. The van der Waals surface area contributed by atoms with E-state index < -0.39 is 23.7 Å². The summed E-state index contributed by atoms with van der Waals surface area (Å²) in [7, 11) is 3.23. The summed E-state index contributed by atoms with van der Waals surface area (Å²) in [5, 5.41) is 0. The molecule has 0 N–H and O–H groups in total. The molecule has 1 saturated heterocycles. The molecule has 1 rings (SSSR count). The minimum atomic E-state index is -0.594. The van der Waals surface area contributed by atoms with Gasteiger partial charge in [0.25, 0.3) is 0 Å². The summed E-state index contributed by atoms with van der Waals surface area (Å²) in [4.78, 5) is 27.2. The average Bonchev–Trinajstić information content (AvgIpc) is 2.25. The number of hydrogen-bond donors (Lipinski definition) is 0. The molecule has 0 radical (unpaired) electrons. The van der Waals surface area contributed by atoms with E-state index in [0.29, 0.717) is 19.6 Å². The molecular formula is C12H22N2O4. The molecule has 0 spiro atoms. The van der Waals surface area contributed by atoms with E-state index in [1.54, 1.807) is 20.8 Å². The summed E-state index contributed by atoms with van der Waals surface area (Å²) in [5.74, 6) is -0.410. The first-order chi connectivity index (χ1) is 8.24. The van der Waals surface area contributed by atoms with Crippen LogP contribution in [-0.4, -0.2) is 67.3 Å². The van der Waals surface area contributed by atoms with Gasteiger partial charge in [-0.05, 0) is 27.8 Å². The third-order valence-corrected chi connectivity index (χ3v) is 2.68. The van der Waals surface area contributed by atoms with Gasteiger partial charge in [-0.3, -0.25) is 4.90 Å². The largest absolute Gasteiger partial charge is 0.467 e. The number of hydrogen-bond acceptors (Lipinski definition) is 5. The minimum Gasteiger partial charge on any atom is -0.467 e. The van der Waals surface area contributed by atoms with Crippen molar-refractivity contribution in [1.29, 1.82) is 0 Å². The highest BCUT2D eigenvalue weighted by Crippen LogP contribution is 2.16. The number of esters is 1.